The smallest absolute Gasteiger partial charge is 0.353 e. The second kappa shape index (κ2) is 7.79. The molecule has 0 aliphatic carbocycles. The van der Waals surface area contributed by atoms with Crippen molar-refractivity contribution in [2.45, 2.75) is 25.9 Å². The van der Waals surface area contributed by atoms with Gasteiger partial charge in [0.2, 0.25) is 17.6 Å². The molecular formula is C15H25N7O3. The molecule has 10 nitrogen and oxygen atoms in total. The fraction of sp³-hybridized carbons (Fsp3) is 0.733. The van der Waals surface area contributed by atoms with Gasteiger partial charge < -0.3 is 25.6 Å². The lowest BCUT2D eigenvalue weighted by atomic mass is 10.2. The number of nitrogens with zero attached hydrogens (tertiary/aromatic N) is 5. The van der Waals surface area contributed by atoms with E-state index in [2.05, 4.69) is 27.1 Å². The maximum atomic E-state index is 11.4. The highest BCUT2D eigenvalue weighted by Crippen LogP contribution is 2.30. The molecule has 138 valence electrons. The number of nitrogens with two attached hydrogens (primary N) is 1. The summed E-state index contributed by atoms with van der Waals surface area (Å²) < 4.78 is 5.55. The van der Waals surface area contributed by atoms with Gasteiger partial charge >= 0.3 is 5.69 Å². The van der Waals surface area contributed by atoms with E-state index in [1.54, 1.807) is 0 Å². The predicted molar refractivity (Wildman–Crippen MR) is 94.9 cm³/mol. The lowest BCUT2D eigenvalue weighted by molar-refractivity contribution is -0.383. The third-order valence-electron chi connectivity index (χ3n) is 4.71. The predicted octanol–water partition coefficient (Wildman–Crippen LogP) is 0.700. The quantitative estimate of drug-likeness (QED) is 0.563. The van der Waals surface area contributed by atoms with E-state index in [9.17, 15) is 10.1 Å². The zero-order valence-electron chi connectivity index (χ0n) is 14.5. The molecule has 0 bridgehead atoms. The summed E-state index contributed by atoms with van der Waals surface area (Å²) >= 11 is 0. The lowest BCUT2D eigenvalue weighted by Crippen LogP contribution is -2.46. The van der Waals surface area contributed by atoms with Crippen LogP contribution < -0.4 is 16.0 Å². The van der Waals surface area contributed by atoms with Crippen LogP contribution in [-0.2, 0) is 4.74 Å². The fourth-order valence-corrected chi connectivity index (χ4v) is 3.18. The minimum Gasteiger partial charge on any atom is -0.378 e. The van der Waals surface area contributed by atoms with Gasteiger partial charge in [-0.05, 0) is 19.4 Å². The minimum absolute atomic E-state index is 0.0485. The minimum atomic E-state index is -0.536. The average molecular weight is 351 g/mol. The van der Waals surface area contributed by atoms with E-state index in [-0.39, 0.29) is 23.4 Å². The van der Waals surface area contributed by atoms with Gasteiger partial charge in [0.1, 0.15) is 0 Å². The number of nitrogen functional groups attached to an aromatic ring is 1. The van der Waals surface area contributed by atoms with E-state index >= 15 is 0 Å². The van der Waals surface area contributed by atoms with Crippen LogP contribution in [0.15, 0.2) is 0 Å². The van der Waals surface area contributed by atoms with Gasteiger partial charge in [-0.1, -0.05) is 6.92 Å². The van der Waals surface area contributed by atoms with E-state index in [0.29, 0.717) is 12.5 Å². The summed E-state index contributed by atoms with van der Waals surface area (Å²) in [5, 5.41) is 14.4. The summed E-state index contributed by atoms with van der Waals surface area (Å²) in [7, 11) is 0. The first-order chi connectivity index (χ1) is 12.1. The Morgan fingerprint density at radius 3 is 2.72 bits per heavy atom. The summed E-state index contributed by atoms with van der Waals surface area (Å²) in [5.74, 6) is 0.498. The molecule has 3 heterocycles. The molecule has 0 amide bonds. The summed E-state index contributed by atoms with van der Waals surface area (Å²) in [4.78, 5) is 23.7. The number of hydrogen-bond acceptors (Lipinski definition) is 9. The second-order valence-electron chi connectivity index (χ2n) is 6.30. The Labute approximate surface area is 146 Å². The van der Waals surface area contributed by atoms with Crippen LogP contribution in [0, 0.1) is 10.1 Å². The summed E-state index contributed by atoms with van der Waals surface area (Å²) in [5.41, 5.74) is 5.60. The van der Waals surface area contributed by atoms with Crippen LogP contribution in [-0.4, -0.2) is 71.8 Å². The molecule has 10 heteroatoms. The van der Waals surface area contributed by atoms with Crippen LogP contribution >= 0.6 is 0 Å². The number of rotatable bonds is 6. The average Bonchev–Trinajstić information content (AvgIpc) is 3.12. The standard InChI is InChI=1S/C15H25N7O3/c1-2-20-5-7-21(8-6-20)15-18-13(16)12(22(23)24)14(19-15)17-10-11-4-3-9-25-11/h11H,2-10H2,1H3,(H3,16,17,18,19)/t11-/m1/s1. The fourth-order valence-electron chi connectivity index (χ4n) is 3.18. The molecule has 2 aliphatic rings. The molecule has 3 rings (SSSR count). The molecule has 2 aliphatic heterocycles. The molecule has 1 atom stereocenters. The molecule has 0 radical (unpaired) electrons. The highest BCUT2D eigenvalue weighted by molar-refractivity contribution is 5.70. The highest BCUT2D eigenvalue weighted by Gasteiger charge is 2.27. The number of anilines is 3. The van der Waals surface area contributed by atoms with Crippen LogP contribution in [0.25, 0.3) is 0 Å². The molecule has 1 aromatic rings. The first kappa shape index (κ1) is 17.6. The third kappa shape index (κ3) is 4.07. The van der Waals surface area contributed by atoms with Crippen LogP contribution in [0.4, 0.5) is 23.3 Å². The number of ether oxygens (including phenoxy) is 1. The van der Waals surface area contributed by atoms with Crippen molar-refractivity contribution in [2.75, 3.05) is 61.8 Å². The molecule has 3 N–H and O–H groups in total. The number of hydrogen-bond donors (Lipinski definition) is 2. The van der Waals surface area contributed by atoms with Gasteiger partial charge in [-0.25, -0.2) is 0 Å². The van der Waals surface area contributed by atoms with Crippen molar-refractivity contribution in [2.24, 2.45) is 0 Å². The van der Waals surface area contributed by atoms with Crippen molar-refractivity contribution >= 4 is 23.3 Å². The monoisotopic (exact) mass is 351 g/mol. The van der Waals surface area contributed by atoms with Crippen LogP contribution in [0.5, 0.6) is 0 Å². The maximum absolute atomic E-state index is 11.4. The molecule has 25 heavy (non-hydrogen) atoms. The first-order valence-electron chi connectivity index (χ1n) is 8.73. The SMILES string of the molecule is CCN1CCN(c2nc(N)c([N+](=O)[O-])c(NC[C@H]3CCCO3)n2)CC1. The normalized spacial score (nSPS) is 21.5. The molecule has 2 fully saturated rings. The van der Waals surface area contributed by atoms with Gasteiger partial charge in [0.25, 0.3) is 0 Å². The van der Waals surface area contributed by atoms with Crippen LogP contribution in [0.1, 0.15) is 19.8 Å². The Hall–Kier alpha value is -2.20. The Bertz CT molecular complexity index is 613. The van der Waals surface area contributed by atoms with Gasteiger partial charge in [0.05, 0.1) is 11.0 Å². The topological polar surface area (TPSA) is 123 Å². The van der Waals surface area contributed by atoms with Crippen molar-refractivity contribution in [1.82, 2.24) is 14.9 Å². The molecule has 0 aromatic carbocycles. The van der Waals surface area contributed by atoms with Gasteiger partial charge in [-0.3, -0.25) is 10.1 Å². The summed E-state index contributed by atoms with van der Waals surface area (Å²) in [6, 6.07) is 0. The van der Waals surface area contributed by atoms with Crippen molar-refractivity contribution in [1.29, 1.82) is 0 Å². The highest BCUT2D eigenvalue weighted by atomic mass is 16.6. The van der Waals surface area contributed by atoms with E-state index in [4.69, 9.17) is 10.5 Å². The van der Waals surface area contributed by atoms with E-state index in [1.807, 2.05) is 4.90 Å². The first-order valence-corrected chi connectivity index (χ1v) is 8.73. The van der Waals surface area contributed by atoms with Crippen LogP contribution in [0.2, 0.25) is 0 Å². The molecular weight excluding hydrogens is 326 g/mol. The Morgan fingerprint density at radius 1 is 1.36 bits per heavy atom. The molecule has 0 saturated carbocycles. The zero-order chi connectivity index (χ0) is 17.8. The largest absolute Gasteiger partial charge is 0.378 e. The Morgan fingerprint density at radius 2 is 2.12 bits per heavy atom. The van der Waals surface area contributed by atoms with Crippen molar-refractivity contribution < 1.29 is 9.66 Å². The molecule has 0 unspecified atom stereocenters. The molecule has 2 saturated heterocycles. The van der Waals surface area contributed by atoms with Gasteiger partial charge in [0.15, 0.2) is 0 Å². The van der Waals surface area contributed by atoms with E-state index < -0.39 is 4.92 Å². The Kier molecular flexibility index (Phi) is 5.49. The third-order valence-corrected chi connectivity index (χ3v) is 4.71. The molecule has 0 spiro atoms. The van der Waals surface area contributed by atoms with Gasteiger partial charge in [-0.15, -0.1) is 0 Å². The number of nitrogens with one attached hydrogen (secondary N) is 1. The van der Waals surface area contributed by atoms with Crippen molar-refractivity contribution in [3.63, 3.8) is 0 Å². The molecule has 1 aromatic heterocycles. The van der Waals surface area contributed by atoms with Gasteiger partial charge in [-0.2, -0.15) is 9.97 Å². The number of nitro groups is 1. The van der Waals surface area contributed by atoms with Gasteiger partial charge in [0, 0.05) is 39.3 Å². The van der Waals surface area contributed by atoms with E-state index in [0.717, 1.165) is 52.2 Å². The van der Waals surface area contributed by atoms with Crippen molar-refractivity contribution in [3.8, 4) is 0 Å². The number of piperazine rings is 1. The number of aromatic nitrogens is 2. The second-order valence-corrected chi connectivity index (χ2v) is 6.30. The summed E-state index contributed by atoms with van der Waals surface area (Å²) in [6.07, 6.45) is 1.99. The maximum Gasteiger partial charge on any atom is 0.353 e. The lowest BCUT2D eigenvalue weighted by Gasteiger charge is -2.34. The van der Waals surface area contributed by atoms with Crippen LogP contribution in [0.3, 0.4) is 0 Å². The number of likely N-dealkylation sites (N-methyl/N-ethyl adjacent to an activating group) is 1. The van der Waals surface area contributed by atoms with E-state index in [1.165, 1.54) is 0 Å². The zero-order valence-corrected chi connectivity index (χ0v) is 14.5. The van der Waals surface area contributed by atoms with Crippen molar-refractivity contribution in [3.05, 3.63) is 10.1 Å². The Balaban J connectivity index is 1.78. The summed E-state index contributed by atoms with van der Waals surface area (Å²) in [6.45, 7) is 7.71.